The molecule has 1 heteroatoms. The molecule has 136 valence electrons. The summed E-state index contributed by atoms with van der Waals surface area (Å²) in [4.78, 5) is 2.83. The molecule has 1 nitrogen and oxygen atoms in total. The predicted octanol–water partition coefficient (Wildman–Crippen LogP) is 6.53. The third kappa shape index (κ3) is 5.62. The molecule has 0 amide bonds. The van der Waals surface area contributed by atoms with Gasteiger partial charge in [-0.05, 0) is 62.6 Å². The average molecular weight is 330 g/mol. The van der Waals surface area contributed by atoms with Gasteiger partial charge in [-0.1, -0.05) is 76.8 Å². The first kappa shape index (κ1) is 19.5. The van der Waals surface area contributed by atoms with E-state index in [9.17, 15) is 0 Å². The minimum Gasteiger partial charge on any atom is -0.296 e. The lowest BCUT2D eigenvalue weighted by molar-refractivity contribution is 0.114. The Morgan fingerprint density at radius 1 is 0.917 bits per heavy atom. The summed E-state index contributed by atoms with van der Waals surface area (Å²) in [6.07, 6.45) is 24.2. The second-order valence-corrected chi connectivity index (χ2v) is 7.64. The maximum atomic E-state index is 2.83. The van der Waals surface area contributed by atoms with Crippen LogP contribution in [-0.4, -0.2) is 24.0 Å². The molecule has 0 N–H and O–H groups in total. The fourth-order valence-corrected chi connectivity index (χ4v) is 4.53. The fraction of sp³-hybridized carbons (Fsp3) is 0.739. The van der Waals surface area contributed by atoms with Crippen LogP contribution >= 0.6 is 0 Å². The maximum Gasteiger partial charge on any atom is 0.0373 e. The highest BCUT2D eigenvalue weighted by molar-refractivity contribution is 5.31. The van der Waals surface area contributed by atoms with Gasteiger partial charge in [-0.25, -0.2) is 0 Å². The van der Waals surface area contributed by atoms with Crippen LogP contribution in [-0.2, 0) is 0 Å². The van der Waals surface area contributed by atoms with Crippen LogP contribution in [0, 0.1) is 11.8 Å². The first-order valence-corrected chi connectivity index (χ1v) is 10.6. The Bertz CT molecular complexity index is 415. The van der Waals surface area contributed by atoms with E-state index in [1.54, 1.807) is 5.57 Å². The van der Waals surface area contributed by atoms with Crippen molar-refractivity contribution in [3.8, 4) is 0 Å². The van der Waals surface area contributed by atoms with E-state index in [4.69, 9.17) is 0 Å². The Kier molecular flexibility index (Phi) is 8.88. The molecular formula is C23H39N. The monoisotopic (exact) mass is 329 g/mol. The maximum absolute atomic E-state index is 2.83. The van der Waals surface area contributed by atoms with Gasteiger partial charge in [0.05, 0.1) is 0 Å². The number of hydrogen-bond acceptors (Lipinski definition) is 1. The van der Waals surface area contributed by atoms with Gasteiger partial charge in [0.15, 0.2) is 0 Å². The van der Waals surface area contributed by atoms with Crippen LogP contribution in [0.3, 0.4) is 0 Å². The fourth-order valence-electron chi connectivity index (χ4n) is 4.53. The van der Waals surface area contributed by atoms with Crippen LogP contribution in [0.5, 0.6) is 0 Å². The molecule has 1 saturated carbocycles. The van der Waals surface area contributed by atoms with Crippen molar-refractivity contribution < 1.29 is 0 Å². The van der Waals surface area contributed by atoms with Gasteiger partial charge in [-0.3, -0.25) is 4.90 Å². The van der Waals surface area contributed by atoms with Gasteiger partial charge in [0, 0.05) is 6.04 Å². The lowest BCUT2D eigenvalue weighted by Gasteiger charge is -2.41. The molecule has 1 unspecified atom stereocenters. The van der Waals surface area contributed by atoms with Gasteiger partial charge in [0.2, 0.25) is 0 Å². The van der Waals surface area contributed by atoms with Crippen molar-refractivity contribution >= 4 is 0 Å². The van der Waals surface area contributed by atoms with Crippen LogP contribution < -0.4 is 0 Å². The quantitative estimate of drug-likeness (QED) is 0.532. The molecule has 0 aromatic heterocycles. The van der Waals surface area contributed by atoms with Crippen molar-refractivity contribution in [1.82, 2.24) is 4.90 Å². The zero-order valence-electron chi connectivity index (χ0n) is 16.3. The smallest absolute Gasteiger partial charge is 0.0373 e. The second-order valence-electron chi connectivity index (χ2n) is 7.64. The molecule has 0 spiro atoms. The highest BCUT2D eigenvalue weighted by atomic mass is 15.2. The van der Waals surface area contributed by atoms with Crippen molar-refractivity contribution in [1.29, 1.82) is 0 Å². The standard InChI is InChI=1S/C21H33N.C2H6/c1-18-14-16-22(17-15-18)21(19-10-6-2-3-7-11-19)20-12-8-4-5-9-13-20;1-2/h2-3,6,10-11,18,20-21H,4-5,7-9,12-17H2,1H3;1-2H3. The number of piperidine rings is 1. The van der Waals surface area contributed by atoms with Crippen molar-refractivity contribution in [3.05, 3.63) is 36.0 Å². The van der Waals surface area contributed by atoms with E-state index in [1.807, 2.05) is 13.8 Å². The van der Waals surface area contributed by atoms with E-state index in [2.05, 4.69) is 42.2 Å². The van der Waals surface area contributed by atoms with Crippen LogP contribution in [0.1, 0.15) is 78.6 Å². The number of likely N-dealkylation sites (tertiary alicyclic amines) is 1. The molecule has 1 atom stereocenters. The Morgan fingerprint density at radius 3 is 2.25 bits per heavy atom. The summed E-state index contributed by atoms with van der Waals surface area (Å²) in [5, 5.41) is 0. The summed E-state index contributed by atoms with van der Waals surface area (Å²) < 4.78 is 0. The number of nitrogens with zero attached hydrogens (tertiary/aromatic N) is 1. The topological polar surface area (TPSA) is 3.24 Å². The van der Waals surface area contributed by atoms with Gasteiger partial charge in [0.25, 0.3) is 0 Å². The third-order valence-corrected chi connectivity index (χ3v) is 5.92. The van der Waals surface area contributed by atoms with Crippen LogP contribution in [0.15, 0.2) is 36.0 Å². The zero-order chi connectivity index (χ0) is 17.2. The van der Waals surface area contributed by atoms with E-state index in [1.165, 1.54) is 64.5 Å². The van der Waals surface area contributed by atoms with E-state index < -0.39 is 0 Å². The second kappa shape index (κ2) is 10.9. The first-order valence-electron chi connectivity index (χ1n) is 10.6. The van der Waals surface area contributed by atoms with Crippen molar-refractivity contribution in [3.63, 3.8) is 0 Å². The van der Waals surface area contributed by atoms with Crippen molar-refractivity contribution in [2.75, 3.05) is 13.1 Å². The van der Waals surface area contributed by atoms with Crippen LogP contribution in [0.4, 0.5) is 0 Å². The van der Waals surface area contributed by atoms with Gasteiger partial charge < -0.3 is 0 Å². The predicted molar refractivity (Wildman–Crippen MR) is 107 cm³/mol. The van der Waals surface area contributed by atoms with Crippen LogP contribution in [0.25, 0.3) is 0 Å². The summed E-state index contributed by atoms with van der Waals surface area (Å²) in [6, 6.07) is 0.682. The average Bonchev–Trinajstić information content (AvgIpc) is 3.04. The molecule has 3 rings (SSSR count). The van der Waals surface area contributed by atoms with Gasteiger partial charge >= 0.3 is 0 Å². The van der Waals surface area contributed by atoms with Gasteiger partial charge in [-0.2, -0.15) is 0 Å². The molecule has 2 fully saturated rings. The van der Waals surface area contributed by atoms with Crippen molar-refractivity contribution in [2.45, 2.75) is 84.6 Å². The molecule has 1 aliphatic heterocycles. The lowest BCUT2D eigenvalue weighted by atomic mass is 9.83. The SMILES string of the molecule is CC.CC1CCN(C(C2=CCC=CC=C2)C2CCCCCC2)CC1. The summed E-state index contributed by atoms with van der Waals surface area (Å²) >= 11 is 0. The number of rotatable bonds is 3. The minimum absolute atomic E-state index is 0.682. The van der Waals surface area contributed by atoms with E-state index in [0.29, 0.717) is 6.04 Å². The summed E-state index contributed by atoms with van der Waals surface area (Å²) in [6.45, 7) is 9.04. The lowest BCUT2D eigenvalue weighted by Crippen LogP contribution is -2.45. The largest absolute Gasteiger partial charge is 0.296 e. The Balaban J connectivity index is 0.00000100. The molecule has 1 saturated heterocycles. The molecule has 3 aliphatic rings. The third-order valence-electron chi connectivity index (χ3n) is 5.92. The highest BCUT2D eigenvalue weighted by Crippen LogP contribution is 2.34. The summed E-state index contributed by atoms with van der Waals surface area (Å²) in [5.41, 5.74) is 1.60. The van der Waals surface area contributed by atoms with E-state index in [0.717, 1.165) is 18.3 Å². The molecule has 0 aromatic rings. The molecule has 24 heavy (non-hydrogen) atoms. The summed E-state index contributed by atoms with van der Waals surface area (Å²) in [5.74, 6) is 1.80. The molecule has 0 bridgehead atoms. The Hall–Kier alpha value is -0.820. The Labute approximate surface area is 150 Å². The van der Waals surface area contributed by atoms with E-state index >= 15 is 0 Å². The minimum atomic E-state index is 0.682. The molecule has 0 radical (unpaired) electrons. The number of allylic oxidation sites excluding steroid dienone is 4. The van der Waals surface area contributed by atoms with Crippen molar-refractivity contribution in [2.24, 2.45) is 11.8 Å². The number of hydrogen-bond donors (Lipinski definition) is 0. The summed E-state index contributed by atoms with van der Waals surface area (Å²) in [7, 11) is 0. The Morgan fingerprint density at radius 2 is 1.58 bits per heavy atom. The van der Waals surface area contributed by atoms with Gasteiger partial charge in [-0.15, -0.1) is 0 Å². The van der Waals surface area contributed by atoms with Gasteiger partial charge in [0.1, 0.15) is 0 Å². The first-order chi connectivity index (χ1) is 11.8. The molecule has 2 aliphatic carbocycles. The molecule has 0 aromatic carbocycles. The molecule has 1 heterocycles. The van der Waals surface area contributed by atoms with E-state index in [-0.39, 0.29) is 0 Å². The molecular weight excluding hydrogens is 290 g/mol. The highest BCUT2D eigenvalue weighted by Gasteiger charge is 2.31. The van der Waals surface area contributed by atoms with Crippen LogP contribution in [0.2, 0.25) is 0 Å². The zero-order valence-corrected chi connectivity index (χ0v) is 16.3. The normalized spacial score (nSPS) is 25.2.